The minimum Gasteiger partial charge on any atom is -0.494 e. The van der Waals surface area contributed by atoms with Gasteiger partial charge in [0.15, 0.2) is 6.10 Å². The van der Waals surface area contributed by atoms with E-state index in [1.54, 1.807) is 35.7 Å². The molecular weight excluding hydrogens is 416 g/mol. The maximum absolute atomic E-state index is 12.6. The highest BCUT2D eigenvalue weighted by atomic mass is 32.2. The van der Waals surface area contributed by atoms with Gasteiger partial charge in [0, 0.05) is 23.4 Å². The molecule has 0 aliphatic heterocycles. The van der Waals surface area contributed by atoms with Crippen LogP contribution < -0.4 is 4.74 Å². The van der Waals surface area contributed by atoms with E-state index < -0.39 is 12.1 Å². The molecule has 9 heteroatoms. The quantitative estimate of drug-likeness (QED) is 0.282. The Labute approximate surface area is 185 Å². The van der Waals surface area contributed by atoms with Crippen LogP contribution in [0.5, 0.6) is 5.75 Å². The number of fused-ring (bicyclic) bond motifs is 1. The summed E-state index contributed by atoms with van der Waals surface area (Å²) in [6.07, 6.45) is 1.62. The van der Waals surface area contributed by atoms with E-state index in [0.717, 1.165) is 17.0 Å². The summed E-state index contributed by atoms with van der Waals surface area (Å²) in [7, 11) is 0. The molecule has 0 aliphatic carbocycles. The number of carbonyl (C=O) groups excluding carboxylic acids is 2. The van der Waals surface area contributed by atoms with Crippen LogP contribution in [0, 0.1) is 13.8 Å². The molecule has 0 N–H and O–H groups in total. The third-order valence-electron chi connectivity index (χ3n) is 4.92. The van der Waals surface area contributed by atoms with E-state index in [2.05, 4.69) is 15.1 Å². The number of rotatable bonds is 9. The van der Waals surface area contributed by atoms with Crippen LogP contribution in [-0.2, 0) is 16.0 Å². The first-order valence-corrected chi connectivity index (χ1v) is 11.3. The van der Waals surface area contributed by atoms with E-state index in [1.165, 1.54) is 11.8 Å². The number of hydrogen-bond donors (Lipinski definition) is 0. The molecule has 0 amide bonds. The number of benzene rings is 1. The number of ether oxygens (including phenoxy) is 2. The lowest BCUT2D eigenvalue weighted by Crippen LogP contribution is -2.24. The summed E-state index contributed by atoms with van der Waals surface area (Å²) in [6.45, 7) is 7.85. The third-order valence-corrected chi connectivity index (χ3v) is 5.46. The fraction of sp³-hybridized carbons (Fsp3) is 0.409. The Hall–Kier alpha value is -2.94. The maximum Gasteiger partial charge on any atom is 0.306 e. The summed E-state index contributed by atoms with van der Waals surface area (Å²) in [5, 5.41) is 5.07. The number of ketones is 1. The topological polar surface area (TPSA) is 95.7 Å². The largest absolute Gasteiger partial charge is 0.494 e. The molecule has 164 valence electrons. The van der Waals surface area contributed by atoms with Crippen molar-refractivity contribution in [3.8, 4) is 5.75 Å². The Bertz CT molecular complexity index is 1100. The fourth-order valence-corrected chi connectivity index (χ4v) is 3.63. The van der Waals surface area contributed by atoms with Crippen LogP contribution in [0.3, 0.4) is 0 Å². The van der Waals surface area contributed by atoms with Crippen molar-refractivity contribution < 1.29 is 19.1 Å². The summed E-state index contributed by atoms with van der Waals surface area (Å²) in [5.74, 6) is 0.547. The molecule has 0 radical (unpaired) electrons. The van der Waals surface area contributed by atoms with Crippen molar-refractivity contribution in [3.63, 3.8) is 0 Å². The van der Waals surface area contributed by atoms with Crippen LogP contribution in [0.1, 0.15) is 47.6 Å². The fourth-order valence-electron chi connectivity index (χ4n) is 3.29. The van der Waals surface area contributed by atoms with Gasteiger partial charge in [-0.2, -0.15) is 4.98 Å². The average Bonchev–Trinajstić information content (AvgIpc) is 3.17. The highest BCUT2D eigenvalue weighted by Crippen LogP contribution is 2.19. The molecule has 0 saturated carbocycles. The van der Waals surface area contributed by atoms with Crippen molar-refractivity contribution in [1.82, 2.24) is 19.6 Å². The molecule has 3 rings (SSSR count). The van der Waals surface area contributed by atoms with E-state index in [9.17, 15) is 9.59 Å². The molecule has 1 aromatic carbocycles. The molecule has 0 aliphatic rings. The predicted molar refractivity (Wildman–Crippen MR) is 118 cm³/mol. The third kappa shape index (κ3) is 5.22. The zero-order valence-electron chi connectivity index (χ0n) is 18.3. The van der Waals surface area contributed by atoms with Gasteiger partial charge in [-0.05, 0) is 70.2 Å². The summed E-state index contributed by atoms with van der Waals surface area (Å²) in [5.41, 5.74) is 3.09. The summed E-state index contributed by atoms with van der Waals surface area (Å²) >= 11 is 1.45. The number of hydrogen-bond acceptors (Lipinski definition) is 8. The SMILES string of the molecule is CCOc1ccc(C(=O)[C@H](C)OC(=O)CCc2c(C)nc3nc(SC)nn3c2C)cc1. The van der Waals surface area contributed by atoms with Gasteiger partial charge in [-0.3, -0.25) is 9.59 Å². The lowest BCUT2D eigenvalue weighted by atomic mass is 10.1. The Morgan fingerprint density at radius 2 is 1.87 bits per heavy atom. The van der Waals surface area contributed by atoms with Crippen molar-refractivity contribution in [2.75, 3.05) is 12.9 Å². The number of aromatic nitrogens is 4. The molecule has 2 heterocycles. The molecule has 0 unspecified atom stereocenters. The summed E-state index contributed by atoms with van der Waals surface area (Å²) in [6, 6.07) is 6.80. The second kappa shape index (κ2) is 9.91. The number of Topliss-reactive ketones (excluding diaryl/α,β-unsaturated/α-hetero) is 1. The molecule has 0 fully saturated rings. The lowest BCUT2D eigenvalue weighted by Gasteiger charge is -2.14. The number of esters is 1. The van der Waals surface area contributed by atoms with Gasteiger partial charge >= 0.3 is 5.97 Å². The first kappa shape index (κ1) is 22.7. The predicted octanol–water partition coefficient (Wildman–Crippen LogP) is 3.61. The molecule has 2 aromatic heterocycles. The highest BCUT2D eigenvalue weighted by Gasteiger charge is 2.21. The van der Waals surface area contributed by atoms with E-state index >= 15 is 0 Å². The highest BCUT2D eigenvalue weighted by molar-refractivity contribution is 7.98. The number of nitrogens with zero attached hydrogens (tertiary/aromatic N) is 4. The van der Waals surface area contributed by atoms with Crippen LogP contribution >= 0.6 is 11.8 Å². The van der Waals surface area contributed by atoms with E-state index in [1.807, 2.05) is 27.0 Å². The molecule has 8 nitrogen and oxygen atoms in total. The first-order valence-electron chi connectivity index (χ1n) is 10.1. The van der Waals surface area contributed by atoms with Gasteiger partial charge in [-0.25, -0.2) is 9.50 Å². The zero-order chi connectivity index (χ0) is 22.5. The Balaban J connectivity index is 1.62. The van der Waals surface area contributed by atoms with Crippen LogP contribution in [-0.4, -0.2) is 50.3 Å². The van der Waals surface area contributed by atoms with E-state index in [4.69, 9.17) is 9.47 Å². The molecule has 3 aromatic rings. The van der Waals surface area contributed by atoms with Crippen LogP contribution in [0.2, 0.25) is 0 Å². The second-order valence-electron chi connectivity index (χ2n) is 7.03. The van der Waals surface area contributed by atoms with Gasteiger partial charge in [0.05, 0.1) is 6.61 Å². The standard InChI is InChI=1S/C22H26N4O4S/c1-6-29-17-9-7-16(8-10-17)20(28)15(4)30-19(27)12-11-18-13(2)23-21-24-22(31-5)25-26(21)14(18)3/h7-10,15H,6,11-12H2,1-5H3/t15-/m0/s1. The first-order chi connectivity index (χ1) is 14.8. The van der Waals surface area contributed by atoms with Gasteiger partial charge in [-0.15, -0.1) is 5.10 Å². The number of aryl methyl sites for hydroxylation is 2. The van der Waals surface area contributed by atoms with Crippen molar-refractivity contribution in [2.45, 2.75) is 51.8 Å². The molecular formula is C22H26N4O4S. The smallest absolute Gasteiger partial charge is 0.306 e. The minimum absolute atomic E-state index is 0.139. The summed E-state index contributed by atoms with van der Waals surface area (Å²) < 4.78 is 12.4. The van der Waals surface area contributed by atoms with Gasteiger partial charge in [-0.1, -0.05) is 11.8 Å². The zero-order valence-corrected chi connectivity index (χ0v) is 19.2. The van der Waals surface area contributed by atoms with Gasteiger partial charge in [0.2, 0.25) is 10.9 Å². The molecule has 31 heavy (non-hydrogen) atoms. The lowest BCUT2D eigenvalue weighted by molar-refractivity contribution is -0.146. The Kier molecular flexibility index (Phi) is 7.27. The van der Waals surface area contributed by atoms with Crippen molar-refractivity contribution in [2.24, 2.45) is 0 Å². The minimum atomic E-state index is -0.868. The van der Waals surface area contributed by atoms with Crippen molar-refractivity contribution in [3.05, 3.63) is 46.8 Å². The van der Waals surface area contributed by atoms with Gasteiger partial charge < -0.3 is 9.47 Å². The molecule has 0 saturated heterocycles. The van der Waals surface area contributed by atoms with Crippen LogP contribution in [0.15, 0.2) is 29.4 Å². The normalized spacial score (nSPS) is 12.0. The Morgan fingerprint density at radius 3 is 2.52 bits per heavy atom. The van der Waals surface area contributed by atoms with Crippen molar-refractivity contribution >= 4 is 29.3 Å². The maximum atomic E-state index is 12.6. The van der Waals surface area contributed by atoms with E-state index in [0.29, 0.717) is 35.3 Å². The van der Waals surface area contributed by atoms with Crippen LogP contribution in [0.25, 0.3) is 5.78 Å². The van der Waals surface area contributed by atoms with Gasteiger partial charge in [0.25, 0.3) is 5.78 Å². The molecule has 0 bridgehead atoms. The molecule has 0 spiro atoms. The monoisotopic (exact) mass is 442 g/mol. The van der Waals surface area contributed by atoms with Crippen molar-refractivity contribution in [1.29, 1.82) is 0 Å². The van der Waals surface area contributed by atoms with E-state index in [-0.39, 0.29) is 12.2 Å². The Morgan fingerprint density at radius 1 is 1.16 bits per heavy atom. The summed E-state index contributed by atoms with van der Waals surface area (Å²) in [4.78, 5) is 33.8. The van der Waals surface area contributed by atoms with Gasteiger partial charge in [0.1, 0.15) is 5.75 Å². The average molecular weight is 443 g/mol. The second-order valence-corrected chi connectivity index (χ2v) is 7.80. The van der Waals surface area contributed by atoms with Crippen LogP contribution in [0.4, 0.5) is 0 Å². The molecule has 1 atom stereocenters. The number of thioether (sulfide) groups is 1. The number of carbonyl (C=O) groups is 2.